The van der Waals surface area contributed by atoms with E-state index in [1.807, 2.05) is 13.1 Å². The third-order valence-electron chi connectivity index (χ3n) is 4.22. The third kappa shape index (κ3) is 3.54. The Labute approximate surface area is 164 Å². The molecule has 0 unspecified atom stereocenters. The average molecular weight is 398 g/mol. The molecule has 0 N–H and O–H groups in total. The largest absolute Gasteiger partial charge is 0.295 e. The third-order valence-corrected chi connectivity index (χ3v) is 6.28. The second-order valence-electron chi connectivity index (χ2n) is 6.29. The molecule has 0 saturated heterocycles. The standard InChI is InChI=1S/C19H19N5OS2/c1-4-16-22-24-17(25)10-14(21-19(24)27-16)11-26-18-20-7-8-23(18)15-9-12(2)5-6-13(15)3/h5-10H,4,11H2,1-3H3. The van der Waals surface area contributed by atoms with Crippen LogP contribution in [0.5, 0.6) is 0 Å². The Hall–Kier alpha value is -2.45. The van der Waals surface area contributed by atoms with E-state index in [0.717, 1.165) is 28.0 Å². The molecule has 0 bridgehead atoms. The van der Waals surface area contributed by atoms with E-state index >= 15 is 0 Å². The maximum absolute atomic E-state index is 12.3. The monoisotopic (exact) mass is 397 g/mol. The SMILES string of the molecule is CCc1nn2c(=O)cc(CSc3nccn3-c3cc(C)ccc3C)nc2s1. The van der Waals surface area contributed by atoms with Gasteiger partial charge < -0.3 is 0 Å². The summed E-state index contributed by atoms with van der Waals surface area (Å²) in [6.07, 6.45) is 4.56. The number of aromatic nitrogens is 5. The lowest BCUT2D eigenvalue weighted by molar-refractivity contribution is 0.851. The smallest absolute Gasteiger partial charge is 0.275 e. The fourth-order valence-corrected chi connectivity index (χ4v) is 4.53. The van der Waals surface area contributed by atoms with Gasteiger partial charge in [-0.1, -0.05) is 42.2 Å². The highest BCUT2D eigenvalue weighted by Gasteiger charge is 2.12. The predicted molar refractivity (Wildman–Crippen MR) is 109 cm³/mol. The van der Waals surface area contributed by atoms with Crippen molar-refractivity contribution in [2.75, 3.05) is 0 Å². The van der Waals surface area contributed by atoms with E-state index in [4.69, 9.17) is 0 Å². The molecule has 138 valence electrons. The van der Waals surface area contributed by atoms with Gasteiger partial charge in [0, 0.05) is 24.2 Å². The summed E-state index contributed by atoms with van der Waals surface area (Å²) in [5.74, 6) is 0.576. The zero-order valence-electron chi connectivity index (χ0n) is 15.3. The maximum atomic E-state index is 12.3. The quantitative estimate of drug-likeness (QED) is 0.479. The molecule has 0 aliphatic rings. The highest BCUT2D eigenvalue weighted by molar-refractivity contribution is 7.98. The number of benzene rings is 1. The summed E-state index contributed by atoms with van der Waals surface area (Å²) in [5, 5.41) is 6.08. The van der Waals surface area contributed by atoms with E-state index in [-0.39, 0.29) is 5.56 Å². The molecule has 0 spiro atoms. The van der Waals surface area contributed by atoms with Gasteiger partial charge in [0.1, 0.15) is 5.01 Å². The number of nitrogens with zero attached hydrogens (tertiary/aromatic N) is 5. The van der Waals surface area contributed by atoms with Gasteiger partial charge in [-0.05, 0) is 37.5 Å². The van der Waals surface area contributed by atoms with Gasteiger partial charge in [0.15, 0.2) is 5.16 Å². The van der Waals surface area contributed by atoms with Crippen molar-refractivity contribution in [1.82, 2.24) is 24.1 Å². The van der Waals surface area contributed by atoms with Gasteiger partial charge in [-0.2, -0.15) is 9.61 Å². The fourth-order valence-electron chi connectivity index (χ4n) is 2.81. The van der Waals surface area contributed by atoms with Crippen molar-refractivity contribution < 1.29 is 0 Å². The second-order valence-corrected chi connectivity index (χ2v) is 8.27. The van der Waals surface area contributed by atoms with E-state index < -0.39 is 0 Å². The first kappa shape index (κ1) is 17.9. The van der Waals surface area contributed by atoms with Crippen molar-refractivity contribution in [2.24, 2.45) is 0 Å². The van der Waals surface area contributed by atoms with Gasteiger partial charge in [0.2, 0.25) is 4.96 Å². The number of aryl methyl sites for hydroxylation is 3. The molecule has 0 radical (unpaired) electrons. The van der Waals surface area contributed by atoms with Crippen LogP contribution in [-0.4, -0.2) is 24.1 Å². The lowest BCUT2D eigenvalue weighted by Crippen LogP contribution is -2.15. The van der Waals surface area contributed by atoms with Gasteiger partial charge >= 0.3 is 0 Å². The van der Waals surface area contributed by atoms with Crippen LogP contribution in [0.4, 0.5) is 0 Å². The number of rotatable bonds is 5. The molecule has 1 aromatic carbocycles. The lowest BCUT2D eigenvalue weighted by atomic mass is 10.1. The molecule has 3 aromatic heterocycles. The van der Waals surface area contributed by atoms with Gasteiger partial charge in [0.25, 0.3) is 5.56 Å². The lowest BCUT2D eigenvalue weighted by Gasteiger charge is -2.11. The molecule has 0 atom stereocenters. The topological polar surface area (TPSA) is 65.1 Å². The molecule has 0 fully saturated rings. The Morgan fingerprint density at radius 1 is 1.22 bits per heavy atom. The molecule has 6 nitrogen and oxygen atoms in total. The van der Waals surface area contributed by atoms with Crippen molar-refractivity contribution in [3.63, 3.8) is 0 Å². The van der Waals surface area contributed by atoms with Gasteiger partial charge in [0.05, 0.1) is 11.4 Å². The Morgan fingerprint density at radius 2 is 2.07 bits per heavy atom. The molecule has 0 amide bonds. The average Bonchev–Trinajstić information content (AvgIpc) is 3.28. The van der Waals surface area contributed by atoms with Crippen LogP contribution in [0, 0.1) is 13.8 Å². The fraction of sp³-hybridized carbons (Fsp3) is 0.263. The maximum Gasteiger partial charge on any atom is 0.275 e. The second kappa shape index (κ2) is 7.28. The molecule has 8 heteroatoms. The summed E-state index contributed by atoms with van der Waals surface area (Å²) < 4.78 is 3.47. The molecule has 0 saturated carbocycles. The van der Waals surface area contributed by atoms with E-state index in [1.54, 1.807) is 24.0 Å². The van der Waals surface area contributed by atoms with Crippen molar-refractivity contribution in [3.8, 4) is 5.69 Å². The van der Waals surface area contributed by atoms with E-state index in [2.05, 4.69) is 51.7 Å². The number of imidazole rings is 1. The zero-order valence-corrected chi connectivity index (χ0v) is 17.0. The molecule has 0 aliphatic heterocycles. The molecule has 4 aromatic rings. The minimum atomic E-state index is -0.135. The summed E-state index contributed by atoms with van der Waals surface area (Å²) in [5.41, 5.74) is 4.12. The minimum Gasteiger partial charge on any atom is -0.295 e. The van der Waals surface area contributed by atoms with Gasteiger partial charge in [-0.25, -0.2) is 9.97 Å². The van der Waals surface area contributed by atoms with Crippen LogP contribution in [0.25, 0.3) is 10.6 Å². The summed E-state index contributed by atoms with van der Waals surface area (Å²) >= 11 is 3.03. The summed E-state index contributed by atoms with van der Waals surface area (Å²) in [6, 6.07) is 7.94. The van der Waals surface area contributed by atoms with Crippen LogP contribution >= 0.6 is 23.1 Å². The Kier molecular flexibility index (Phi) is 4.84. The van der Waals surface area contributed by atoms with Crippen LogP contribution in [-0.2, 0) is 12.2 Å². The number of fused-ring (bicyclic) bond motifs is 1. The Balaban J connectivity index is 1.62. The van der Waals surface area contributed by atoms with Crippen molar-refractivity contribution >= 4 is 28.1 Å². The summed E-state index contributed by atoms with van der Waals surface area (Å²) in [7, 11) is 0. The highest BCUT2D eigenvalue weighted by atomic mass is 32.2. The van der Waals surface area contributed by atoms with Crippen LogP contribution in [0.2, 0.25) is 0 Å². The highest BCUT2D eigenvalue weighted by Crippen LogP contribution is 2.26. The van der Waals surface area contributed by atoms with Crippen LogP contribution in [0.1, 0.15) is 28.8 Å². The zero-order chi connectivity index (χ0) is 19.0. The molecular formula is C19H19N5OS2. The predicted octanol–water partition coefficient (Wildman–Crippen LogP) is 3.81. The van der Waals surface area contributed by atoms with Crippen LogP contribution in [0.3, 0.4) is 0 Å². The first-order chi connectivity index (χ1) is 13.0. The van der Waals surface area contributed by atoms with E-state index in [9.17, 15) is 4.79 Å². The molecule has 3 heterocycles. The molecular weight excluding hydrogens is 378 g/mol. The van der Waals surface area contributed by atoms with Crippen molar-refractivity contribution in [3.05, 3.63) is 68.8 Å². The van der Waals surface area contributed by atoms with Crippen molar-refractivity contribution in [1.29, 1.82) is 0 Å². The Morgan fingerprint density at radius 3 is 2.89 bits per heavy atom. The molecule has 4 rings (SSSR count). The van der Waals surface area contributed by atoms with Crippen molar-refractivity contribution in [2.45, 2.75) is 38.1 Å². The van der Waals surface area contributed by atoms with Gasteiger partial charge in [-0.15, -0.1) is 0 Å². The van der Waals surface area contributed by atoms with E-state index in [0.29, 0.717) is 10.7 Å². The molecule has 0 aliphatic carbocycles. The minimum absolute atomic E-state index is 0.135. The first-order valence-corrected chi connectivity index (χ1v) is 10.5. The first-order valence-electron chi connectivity index (χ1n) is 8.67. The van der Waals surface area contributed by atoms with E-state index in [1.165, 1.54) is 27.0 Å². The number of thioether (sulfide) groups is 1. The summed E-state index contributed by atoms with van der Waals surface area (Å²) in [4.78, 5) is 22.0. The Bertz CT molecular complexity index is 1170. The number of hydrogen-bond donors (Lipinski definition) is 0. The van der Waals surface area contributed by atoms with Crippen LogP contribution < -0.4 is 5.56 Å². The van der Waals surface area contributed by atoms with Gasteiger partial charge in [-0.3, -0.25) is 9.36 Å². The normalized spacial score (nSPS) is 11.4. The number of hydrogen-bond acceptors (Lipinski definition) is 6. The summed E-state index contributed by atoms with van der Waals surface area (Å²) in [6.45, 7) is 6.19. The van der Waals surface area contributed by atoms with Crippen LogP contribution in [0.15, 0.2) is 46.6 Å². The molecule has 27 heavy (non-hydrogen) atoms.